The third-order valence-electron chi connectivity index (χ3n) is 4.50. The average Bonchev–Trinajstić information content (AvgIpc) is 2.71. The Kier molecular flexibility index (Phi) is 6.17. The molecule has 0 saturated heterocycles. The largest absolute Gasteiger partial charge is 0.346 e. The van der Waals surface area contributed by atoms with Crippen molar-refractivity contribution in [1.82, 2.24) is 5.32 Å². The lowest BCUT2D eigenvalue weighted by molar-refractivity contribution is 0.0939. The van der Waals surface area contributed by atoms with Crippen LogP contribution >= 0.6 is 0 Å². The van der Waals surface area contributed by atoms with Gasteiger partial charge in [-0.1, -0.05) is 29.8 Å². The molecular formula is C22H20F2N2O3S. The predicted molar refractivity (Wildman–Crippen MR) is 111 cm³/mol. The van der Waals surface area contributed by atoms with E-state index in [9.17, 15) is 22.0 Å². The van der Waals surface area contributed by atoms with Crippen LogP contribution in [0.5, 0.6) is 0 Å². The molecule has 1 atom stereocenters. The van der Waals surface area contributed by atoms with Crippen LogP contribution < -0.4 is 10.0 Å². The number of hydrogen-bond donors (Lipinski definition) is 2. The van der Waals surface area contributed by atoms with Crippen LogP contribution in [0.15, 0.2) is 71.6 Å². The number of nitrogens with one attached hydrogen (secondary N) is 2. The number of hydrogen-bond acceptors (Lipinski definition) is 3. The third kappa shape index (κ3) is 5.01. The Labute approximate surface area is 173 Å². The summed E-state index contributed by atoms with van der Waals surface area (Å²) >= 11 is 0. The topological polar surface area (TPSA) is 75.3 Å². The van der Waals surface area contributed by atoms with E-state index in [-0.39, 0.29) is 10.5 Å². The highest BCUT2D eigenvalue weighted by Gasteiger charge is 2.18. The Balaban J connectivity index is 1.77. The molecule has 2 N–H and O–H groups in total. The Morgan fingerprint density at radius 2 is 1.63 bits per heavy atom. The molecular weight excluding hydrogens is 410 g/mol. The smallest absolute Gasteiger partial charge is 0.261 e. The van der Waals surface area contributed by atoms with Crippen molar-refractivity contribution in [1.29, 1.82) is 0 Å². The van der Waals surface area contributed by atoms with Gasteiger partial charge in [0.25, 0.3) is 15.9 Å². The van der Waals surface area contributed by atoms with Crippen LogP contribution in [0, 0.1) is 18.6 Å². The second-order valence-corrected chi connectivity index (χ2v) is 8.55. The summed E-state index contributed by atoms with van der Waals surface area (Å²) in [5.74, 6) is -2.53. The highest BCUT2D eigenvalue weighted by atomic mass is 32.2. The Bertz CT molecular complexity index is 1180. The molecule has 3 aromatic rings. The summed E-state index contributed by atoms with van der Waals surface area (Å²) in [5, 5.41) is 2.65. The van der Waals surface area contributed by atoms with Gasteiger partial charge in [0.1, 0.15) is 0 Å². The number of benzene rings is 3. The molecule has 0 heterocycles. The maximum atomic E-state index is 13.4. The molecule has 156 valence electrons. The number of rotatable bonds is 6. The minimum Gasteiger partial charge on any atom is -0.346 e. The summed E-state index contributed by atoms with van der Waals surface area (Å²) in [6.45, 7) is 3.51. The van der Waals surface area contributed by atoms with E-state index in [1.54, 1.807) is 31.2 Å². The van der Waals surface area contributed by atoms with E-state index in [1.165, 1.54) is 30.3 Å². The average molecular weight is 430 g/mol. The number of halogens is 2. The van der Waals surface area contributed by atoms with Gasteiger partial charge in [-0.05, 0) is 61.9 Å². The van der Waals surface area contributed by atoms with Crippen molar-refractivity contribution in [2.45, 2.75) is 24.8 Å². The molecule has 1 unspecified atom stereocenters. The molecule has 8 heteroatoms. The van der Waals surface area contributed by atoms with Crippen LogP contribution in [0.2, 0.25) is 0 Å². The van der Waals surface area contributed by atoms with Gasteiger partial charge in [0.05, 0.1) is 10.9 Å². The van der Waals surface area contributed by atoms with Gasteiger partial charge in [0.15, 0.2) is 11.6 Å². The first-order valence-corrected chi connectivity index (χ1v) is 10.6. The SMILES string of the molecule is Cc1ccc(NS(=O)(=O)c2cccc(C(=O)NC(C)c3ccc(F)c(F)c3)c2)cc1. The minimum absolute atomic E-state index is 0.0730. The summed E-state index contributed by atoms with van der Waals surface area (Å²) < 4.78 is 54.3. The normalized spacial score (nSPS) is 12.3. The van der Waals surface area contributed by atoms with Gasteiger partial charge in [-0.15, -0.1) is 0 Å². The quantitative estimate of drug-likeness (QED) is 0.602. The number of carbonyl (C=O) groups excluding carboxylic acids is 1. The first-order valence-electron chi connectivity index (χ1n) is 9.11. The molecule has 3 rings (SSSR count). The highest BCUT2D eigenvalue weighted by Crippen LogP contribution is 2.20. The zero-order valence-electron chi connectivity index (χ0n) is 16.3. The molecule has 3 aromatic carbocycles. The first kappa shape index (κ1) is 21.4. The molecule has 0 aliphatic carbocycles. The molecule has 30 heavy (non-hydrogen) atoms. The van der Waals surface area contributed by atoms with E-state index in [0.717, 1.165) is 17.7 Å². The van der Waals surface area contributed by atoms with Crippen molar-refractivity contribution in [3.05, 3.63) is 95.1 Å². The molecule has 0 aliphatic heterocycles. The zero-order chi connectivity index (χ0) is 21.9. The number of amides is 1. The molecule has 5 nitrogen and oxygen atoms in total. The van der Waals surface area contributed by atoms with Gasteiger partial charge in [-0.3, -0.25) is 9.52 Å². The van der Waals surface area contributed by atoms with Crippen LogP contribution in [0.3, 0.4) is 0 Å². The molecule has 0 fully saturated rings. The molecule has 0 bridgehead atoms. The third-order valence-corrected chi connectivity index (χ3v) is 5.88. The van der Waals surface area contributed by atoms with Crippen molar-refractivity contribution < 1.29 is 22.0 Å². The van der Waals surface area contributed by atoms with E-state index in [2.05, 4.69) is 10.0 Å². The summed E-state index contributed by atoms with van der Waals surface area (Å²) in [6, 6.07) is 15.2. The fraction of sp³-hybridized carbons (Fsp3) is 0.136. The first-order chi connectivity index (χ1) is 14.2. The minimum atomic E-state index is -3.89. The number of anilines is 1. The van der Waals surface area contributed by atoms with Gasteiger partial charge >= 0.3 is 0 Å². The lowest BCUT2D eigenvalue weighted by atomic mass is 10.1. The second kappa shape index (κ2) is 8.62. The molecule has 0 radical (unpaired) electrons. The van der Waals surface area contributed by atoms with Crippen molar-refractivity contribution >= 4 is 21.6 Å². The summed E-state index contributed by atoms with van der Waals surface area (Å²) in [5.41, 5.74) is 1.90. The number of aryl methyl sites for hydroxylation is 1. The van der Waals surface area contributed by atoms with E-state index in [0.29, 0.717) is 11.3 Å². The van der Waals surface area contributed by atoms with Crippen LogP contribution in [-0.2, 0) is 10.0 Å². The maximum Gasteiger partial charge on any atom is 0.261 e. The van der Waals surface area contributed by atoms with E-state index in [1.807, 2.05) is 6.92 Å². The zero-order valence-corrected chi connectivity index (χ0v) is 17.1. The maximum absolute atomic E-state index is 13.4. The van der Waals surface area contributed by atoms with Crippen LogP contribution in [-0.4, -0.2) is 14.3 Å². The van der Waals surface area contributed by atoms with Gasteiger partial charge in [0, 0.05) is 11.3 Å². The molecule has 0 spiro atoms. The van der Waals surface area contributed by atoms with Crippen LogP contribution in [0.1, 0.15) is 34.5 Å². The monoisotopic (exact) mass is 430 g/mol. The van der Waals surface area contributed by atoms with Crippen molar-refractivity contribution in [3.63, 3.8) is 0 Å². The fourth-order valence-corrected chi connectivity index (χ4v) is 3.89. The number of carbonyl (C=O) groups is 1. The van der Waals surface area contributed by atoms with Gasteiger partial charge < -0.3 is 5.32 Å². The Morgan fingerprint density at radius 3 is 2.30 bits per heavy atom. The second-order valence-electron chi connectivity index (χ2n) is 6.87. The van der Waals surface area contributed by atoms with Gasteiger partial charge in [-0.25, -0.2) is 17.2 Å². The van der Waals surface area contributed by atoms with E-state index >= 15 is 0 Å². The van der Waals surface area contributed by atoms with Crippen LogP contribution in [0.25, 0.3) is 0 Å². The highest BCUT2D eigenvalue weighted by molar-refractivity contribution is 7.92. The predicted octanol–water partition coefficient (Wildman–Crippen LogP) is 4.57. The summed E-state index contributed by atoms with van der Waals surface area (Å²) in [7, 11) is -3.89. The van der Waals surface area contributed by atoms with Gasteiger partial charge in [0.2, 0.25) is 0 Å². The van der Waals surface area contributed by atoms with Crippen molar-refractivity contribution in [2.24, 2.45) is 0 Å². The van der Waals surface area contributed by atoms with Crippen molar-refractivity contribution in [2.75, 3.05) is 4.72 Å². The standard InChI is InChI=1S/C22H20F2N2O3S/c1-14-6-9-18(10-7-14)26-30(28,29)19-5-3-4-17(12-19)22(27)25-15(2)16-8-11-20(23)21(24)13-16/h3-13,15,26H,1-2H3,(H,25,27). The van der Waals surface area contributed by atoms with Crippen molar-refractivity contribution in [3.8, 4) is 0 Å². The lowest BCUT2D eigenvalue weighted by Crippen LogP contribution is -2.27. The molecule has 0 saturated carbocycles. The Morgan fingerprint density at radius 1 is 0.933 bits per heavy atom. The van der Waals surface area contributed by atoms with Gasteiger partial charge in [-0.2, -0.15) is 0 Å². The van der Waals surface area contributed by atoms with E-state index in [4.69, 9.17) is 0 Å². The molecule has 0 aliphatic rings. The lowest BCUT2D eigenvalue weighted by Gasteiger charge is -2.15. The molecule has 0 aromatic heterocycles. The Hall–Kier alpha value is -3.26. The number of sulfonamides is 1. The summed E-state index contributed by atoms with van der Waals surface area (Å²) in [4.78, 5) is 12.5. The van der Waals surface area contributed by atoms with Crippen LogP contribution in [0.4, 0.5) is 14.5 Å². The summed E-state index contributed by atoms with van der Waals surface area (Å²) in [6.07, 6.45) is 0. The van der Waals surface area contributed by atoms with E-state index < -0.39 is 33.6 Å². The fourth-order valence-electron chi connectivity index (χ4n) is 2.79. The molecule has 1 amide bonds.